The van der Waals surface area contributed by atoms with Gasteiger partial charge in [0.15, 0.2) is 11.5 Å². The molecule has 1 unspecified atom stereocenters. The van der Waals surface area contributed by atoms with Gasteiger partial charge in [0.25, 0.3) is 5.91 Å². The Labute approximate surface area is 172 Å². The quantitative estimate of drug-likeness (QED) is 0.618. The van der Waals surface area contributed by atoms with Crippen molar-refractivity contribution in [2.75, 3.05) is 28.4 Å². The number of nitrogens with one attached hydrogen (secondary N) is 1. The molecule has 1 N–H and O–H groups in total. The molecule has 0 saturated heterocycles. The van der Waals surface area contributed by atoms with E-state index in [1.165, 1.54) is 21.3 Å². The lowest BCUT2D eigenvalue weighted by Gasteiger charge is -2.20. The summed E-state index contributed by atoms with van der Waals surface area (Å²) in [5, 5.41) is 2.87. The highest BCUT2D eigenvalue weighted by atomic mass is 79.9. The van der Waals surface area contributed by atoms with Gasteiger partial charge < -0.3 is 24.3 Å². The van der Waals surface area contributed by atoms with Crippen LogP contribution in [0.4, 0.5) is 0 Å². The van der Waals surface area contributed by atoms with Gasteiger partial charge in [0.2, 0.25) is 0 Å². The molecule has 7 nitrogen and oxygen atoms in total. The van der Waals surface area contributed by atoms with Crippen LogP contribution in [0.1, 0.15) is 28.4 Å². The topological polar surface area (TPSA) is 83.1 Å². The number of hydrogen-bond acceptors (Lipinski definition) is 6. The van der Waals surface area contributed by atoms with Gasteiger partial charge in [0, 0.05) is 5.56 Å². The Morgan fingerprint density at radius 2 is 1.57 bits per heavy atom. The number of esters is 1. The average Bonchev–Trinajstić information content (AvgIpc) is 2.72. The van der Waals surface area contributed by atoms with Crippen molar-refractivity contribution < 1.29 is 28.5 Å². The summed E-state index contributed by atoms with van der Waals surface area (Å²) in [5.74, 6) is 0.871. The largest absolute Gasteiger partial charge is 0.496 e. The van der Waals surface area contributed by atoms with E-state index < -0.39 is 12.0 Å². The number of rotatable bonds is 8. The maximum Gasteiger partial charge on any atom is 0.307 e. The lowest BCUT2D eigenvalue weighted by Crippen LogP contribution is -2.30. The summed E-state index contributed by atoms with van der Waals surface area (Å²) >= 11 is 3.36. The third-order valence-corrected chi connectivity index (χ3v) is 4.75. The van der Waals surface area contributed by atoms with Gasteiger partial charge in [-0.1, -0.05) is 6.07 Å². The summed E-state index contributed by atoms with van der Waals surface area (Å²) in [5.41, 5.74) is 1.10. The Morgan fingerprint density at radius 1 is 0.929 bits per heavy atom. The van der Waals surface area contributed by atoms with Crippen LogP contribution in [0.3, 0.4) is 0 Å². The van der Waals surface area contributed by atoms with Crippen molar-refractivity contribution in [3.05, 3.63) is 52.0 Å². The second kappa shape index (κ2) is 9.98. The maximum atomic E-state index is 12.7. The van der Waals surface area contributed by atoms with E-state index in [2.05, 4.69) is 21.2 Å². The Morgan fingerprint density at radius 3 is 2.14 bits per heavy atom. The summed E-state index contributed by atoms with van der Waals surface area (Å²) in [4.78, 5) is 24.6. The van der Waals surface area contributed by atoms with Crippen molar-refractivity contribution in [1.82, 2.24) is 5.32 Å². The molecule has 0 fully saturated rings. The molecule has 2 rings (SSSR count). The van der Waals surface area contributed by atoms with E-state index in [1.54, 1.807) is 43.5 Å². The number of carbonyl (C=O) groups excluding carboxylic acids is 2. The van der Waals surface area contributed by atoms with E-state index in [4.69, 9.17) is 18.9 Å². The number of halogens is 1. The summed E-state index contributed by atoms with van der Waals surface area (Å²) in [7, 11) is 5.90. The van der Waals surface area contributed by atoms with Crippen LogP contribution in [-0.2, 0) is 9.53 Å². The summed E-state index contributed by atoms with van der Waals surface area (Å²) in [6, 6.07) is 9.57. The number of amides is 1. The van der Waals surface area contributed by atoms with Crippen molar-refractivity contribution in [3.63, 3.8) is 0 Å². The standard InChI is InChI=1S/C20H22BrNO6/c1-25-16-7-6-13(9-14(16)21)20(24)22-15(11-19(23)28-4)12-5-8-17(26-2)18(10-12)27-3/h5-10,15H,11H2,1-4H3,(H,22,24). The van der Waals surface area contributed by atoms with Crippen molar-refractivity contribution in [2.45, 2.75) is 12.5 Å². The van der Waals surface area contributed by atoms with Crippen LogP contribution < -0.4 is 19.5 Å². The molecule has 8 heteroatoms. The van der Waals surface area contributed by atoms with Crippen LogP contribution in [0.5, 0.6) is 17.2 Å². The average molecular weight is 452 g/mol. The number of carbonyl (C=O) groups is 2. The molecule has 2 aromatic carbocycles. The number of ether oxygens (including phenoxy) is 4. The normalized spacial score (nSPS) is 11.3. The molecule has 0 heterocycles. The van der Waals surface area contributed by atoms with Crippen LogP contribution >= 0.6 is 15.9 Å². The van der Waals surface area contributed by atoms with Gasteiger partial charge >= 0.3 is 5.97 Å². The van der Waals surface area contributed by atoms with Crippen molar-refractivity contribution in [3.8, 4) is 17.2 Å². The van der Waals surface area contributed by atoms with Crippen LogP contribution in [0.15, 0.2) is 40.9 Å². The molecular weight excluding hydrogens is 430 g/mol. The smallest absolute Gasteiger partial charge is 0.307 e. The molecule has 0 spiro atoms. The highest BCUT2D eigenvalue weighted by Crippen LogP contribution is 2.31. The lowest BCUT2D eigenvalue weighted by molar-refractivity contribution is -0.141. The minimum absolute atomic E-state index is 0.0327. The third kappa shape index (κ3) is 5.16. The molecule has 0 radical (unpaired) electrons. The fraction of sp³-hybridized carbons (Fsp3) is 0.300. The molecule has 0 aliphatic carbocycles. The number of benzene rings is 2. The van der Waals surface area contributed by atoms with E-state index >= 15 is 0 Å². The van der Waals surface area contributed by atoms with Gasteiger partial charge in [-0.05, 0) is 51.8 Å². The molecule has 0 aliphatic rings. The van der Waals surface area contributed by atoms with E-state index in [1.807, 2.05) is 0 Å². The van der Waals surface area contributed by atoms with E-state index in [9.17, 15) is 9.59 Å². The van der Waals surface area contributed by atoms with E-state index in [0.29, 0.717) is 32.8 Å². The zero-order valence-electron chi connectivity index (χ0n) is 16.1. The van der Waals surface area contributed by atoms with E-state index in [-0.39, 0.29) is 12.3 Å². The van der Waals surface area contributed by atoms with E-state index in [0.717, 1.165) is 0 Å². The van der Waals surface area contributed by atoms with Gasteiger partial charge in [-0.3, -0.25) is 9.59 Å². The van der Waals surface area contributed by atoms with Gasteiger partial charge in [-0.2, -0.15) is 0 Å². The van der Waals surface area contributed by atoms with Crippen molar-refractivity contribution >= 4 is 27.8 Å². The van der Waals surface area contributed by atoms with Crippen molar-refractivity contribution in [1.29, 1.82) is 0 Å². The molecule has 0 saturated carbocycles. The first-order chi connectivity index (χ1) is 13.4. The molecule has 2 aromatic rings. The molecule has 0 aliphatic heterocycles. The first-order valence-corrected chi connectivity index (χ1v) is 9.15. The first-order valence-electron chi connectivity index (χ1n) is 8.36. The predicted molar refractivity (Wildman–Crippen MR) is 107 cm³/mol. The maximum absolute atomic E-state index is 12.7. The van der Waals surface area contributed by atoms with Crippen LogP contribution in [0, 0.1) is 0 Å². The van der Waals surface area contributed by atoms with Gasteiger partial charge in [0.1, 0.15) is 5.75 Å². The fourth-order valence-corrected chi connectivity index (χ4v) is 3.16. The Hall–Kier alpha value is -2.74. The minimum Gasteiger partial charge on any atom is -0.496 e. The minimum atomic E-state index is -0.611. The zero-order valence-corrected chi connectivity index (χ0v) is 17.7. The summed E-state index contributed by atoms with van der Waals surface area (Å²) in [6.07, 6.45) is -0.0327. The zero-order chi connectivity index (χ0) is 20.7. The second-order valence-corrected chi connectivity index (χ2v) is 6.62. The molecule has 0 aromatic heterocycles. The molecule has 1 atom stereocenters. The molecular formula is C20H22BrNO6. The highest BCUT2D eigenvalue weighted by molar-refractivity contribution is 9.10. The lowest BCUT2D eigenvalue weighted by atomic mass is 10.0. The van der Waals surface area contributed by atoms with Gasteiger partial charge in [-0.15, -0.1) is 0 Å². The van der Waals surface area contributed by atoms with Gasteiger partial charge in [-0.25, -0.2) is 0 Å². The fourth-order valence-electron chi connectivity index (χ4n) is 2.62. The number of hydrogen-bond donors (Lipinski definition) is 1. The molecule has 28 heavy (non-hydrogen) atoms. The first kappa shape index (κ1) is 21.6. The van der Waals surface area contributed by atoms with Crippen LogP contribution in [0.2, 0.25) is 0 Å². The summed E-state index contributed by atoms with van der Waals surface area (Å²) in [6.45, 7) is 0. The SMILES string of the molecule is COC(=O)CC(NC(=O)c1ccc(OC)c(Br)c1)c1ccc(OC)c(OC)c1. The van der Waals surface area contributed by atoms with Crippen LogP contribution in [0.25, 0.3) is 0 Å². The molecule has 1 amide bonds. The predicted octanol–water partition coefficient (Wildman–Crippen LogP) is 3.51. The third-order valence-electron chi connectivity index (χ3n) is 4.13. The summed E-state index contributed by atoms with van der Waals surface area (Å²) < 4.78 is 21.2. The number of methoxy groups -OCH3 is 4. The Balaban J connectivity index is 2.32. The second-order valence-electron chi connectivity index (χ2n) is 5.77. The monoisotopic (exact) mass is 451 g/mol. The Kier molecular flexibility index (Phi) is 7.69. The molecule has 150 valence electrons. The Bertz CT molecular complexity index is 855. The van der Waals surface area contributed by atoms with Crippen molar-refractivity contribution in [2.24, 2.45) is 0 Å². The van der Waals surface area contributed by atoms with Gasteiger partial charge in [0.05, 0.1) is 45.4 Å². The highest BCUT2D eigenvalue weighted by Gasteiger charge is 2.22. The molecule has 0 bridgehead atoms. The van der Waals surface area contributed by atoms with Crippen LogP contribution in [-0.4, -0.2) is 40.3 Å².